The first-order valence-corrected chi connectivity index (χ1v) is 4.87. The molecule has 1 aromatic rings. The number of carbonyl (C=O) groups is 3. The fourth-order valence-electron chi connectivity index (χ4n) is 1.65. The predicted octanol–water partition coefficient (Wildman–Crippen LogP) is 0.640. The van der Waals surface area contributed by atoms with Gasteiger partial charge in [-0.1, -0.05) is 0 Å². The Morgan fingerprint density at radius 2 is 2.19 bits per heavy atom. The number of ketones is 2. The Labute approximate surface area is 91.4 Å². The van der Waals surface area contributed by atoms with E-state index >= 15 is 0 Å². The van der Waals surface area contributed by atoms with Gasteiger partial charge in [0, 0.05) is 11.8 Å². The van der Waals surface area contributed by atoms with Gasteiger partial charge in [-0.2, -0.15) is 0 Å². The number of hydrogen-bond donors (Lipinski definition) is 0. The normalized spacial score (nSPS) is 18.4. The quantitative estimate of drug-likeness (QED) is 0.539. The number of ether oxygens (including phenoxy) is 1. The van der Waals surface area contributed by atoms with E-state index in [1.54, 1.807) is 13.0 Å². The number of nitrogens with zero attached hydrogens (tertiary/aromatic N) is 1. The van der Waals surface area contributed by atoms with E-state index in [1.807, 2.05) is 0 Å². The molecule has 0 bridgehead atoms. The topological polar surface area (TPSA) is 73.3 Å². The van der Waals surface area contributed by atoms with E-state index in [2.05, 4.69) is 9.72 Å². The molecule has 0 N–H and O–H groups in total. The van der Waals surface area contributed by atoms with Crippen molar-refractivity contribution < 1.29 is 19.1 Å². The van der Waals surface area contributed by atoms with Gasteiger partial charge in [-0.25, -0.2) is 0 Å². The second kappa shape index (κ2) is 3.84. The van der Waals surface area contributed by atoms with Gasteiger partial charge in [0.15, 0.2) is 11.7 Å². The third kappa shape index (κ3) is 1.41. The maximum Gasteiger partial charge on any atom is 0.324 e. The van der Waals surface area contributed by atoms with Crippen LogP contribution in [0.2, 0.25) is 0 Å². The lowest BCUT2D eigenvalue weighted by Gasteiger charge is -2.04. The van der Waals surface area contributed by atoms with Gasteiger partial charge in [-0.3, -0.25) is 19.4 Å². The van der Waals surface area contributed by atoms with Crippen molar-refractivity contribution >= 4 is 17.5 Å². The van der Waals surface area contributed by atoms with Gasteiger partial charge < -0.3 is 4.74 Å². The summed E-state index contributed by atoms with van der Waals surface area (Å²) in [5.74, 6) is -3.24. The van der Waals surface area contributed by atoms with E-state index < -0.39 is 23.5 Å². The Morgan fingerprint density at radius 1 is 1.44 bits per heavy atom. The third-order valence-corrected chi connectivity index (χ3v) is 2.35. The molecular weight excluding hydrogens is 210 g/mol. The molecule has 1 aliphatic rings. The Bertz CT molecular complexity index is 446. The number of aromatic nitrogens is 1. The number of fused-ring (bicyclic) bond motifs is 1. The molecule has 0 saturated heterocycles. The molecule has 1 aliphatic carbocycles. The zero-order valence-corrected chi connectivity index (χ0v) is 8.60. The standard InChI is InChI=1S/C11H9NO4/c1-2-16-11(15)7-9(13)6-4-3-5-12-8(6)10(7)14/h3-5,7H,2H2,1H3. The largest absolute Gasteiger partial charge is 0.465 e. The summed E-state index contributed by atoms with van der Waals surface area (Å²) in [6.45, 7) is 1.76. The highest BCUT2D eigenvalue weighted by Gasteiger charge is 2.45. The second-order valence-corrected chi connectivity index (χ2v) is 3.31. The van der Waals surface area contributed by atoms with Crippen LogP contribution in [0.1, 0.15) is 27.8 Å². The highest BCUT2D eigenvalue weighted by Crippen LogP contribution is 2.25. The monoisotopic (exact) mass is 219 g/mol. The van der Waals surface area contributed by atoms with Gasteiger partial charge >= 0.3 is 5.97 Å². The van der Waals surface area contributed by atoms with Gasteiger partial charge in [0.2, 0.25) is 5.78 Å². The minimum atomic E-state index is -1.36. The van der Waals surface area contributed by atoms with Crippen molar-refractivity contribution in [1.82, 2.24) is 4.98 Å². The molecule has 5 nitrogen and oxygen atoms in total. The summed E-state index contributed by atoms with van der Waals surface area (Å²) in [7, 11) is 0. The van der Waals surface area contributed by atoms with Gasteiger partial charge in [-0.15, -0.1) is 0 Å². The van der Waals surface area contributed by atoms with Crippen LogP contribution in [0.15, 0.2) is 18.3 Å². The SMILES string of the molecule is CCOC(=O)C1C(=O)c2cccnc2C1=O. The molecule has 0 saturated carbocycles. The number of Topliss-reactive ketones (excluding diaryl/α,β-unsaturated/α-hetero) is 2. The number of hydrogen-bond acceptors (Lipinski definition) is 5. The van der Waals surface area contributed by atoms with Crippen LogP contribution >= 0.6 is 0 Å². The molecule has 0 spiro atoms. The Morgan fingerprint density at radius 3 is 2.81 bits per heavy atom. The molecule has 0 aliphatic heterocycles. The van der Waals surface area contributed by atoms with E-state index in [1.165, 1.54) is 12.3 Å². The van der Waals surface area contributed by atoms with E-state index in [9.17, 15) is 14.4 Å². The third-order valence-electron chi connectivity index (χ3n) is 2.35. The molecular formula is C11H9NO4. The summed E-state index contributed by atoms with van der Waals surface area (Å²) >= 11 is 0. The number of esters is 1. The zero-order valence-electron chi connectivity index (χ0n) is 8.60. The molecule has 1 aromatic heterocycles. The van der Waals surface area contributed by atoms with Crippen molar-refractivity contribution in [2.24, 2.45) is 5.92 Å². The van der Waals surface area contributed by atoms with Crippen molar-refractivity contribution in [2.45, 2.75) is 6.92 Å². The van der Waals surface area contributed by atoms with Crippen LogP contribution in [0.3, 0.4) is 0 Å². The molecule has 0 fully saturated rings. The van der Waals surface area contributed by atoms with E-state index in [0.717, 1.165) is 0 Å². The molecule has 0 amide bonds. The highest BCUT2D eigenvalue weighted by molar-refractivity contribution is 6.33. The van der Waals surface area contributed by atoms with Crippen molar-refractivity contribution in [2.75, 3.05) is 6.61 Å². The lowest BCUT2D eigenvalue weighted by atomic mass is 10.1. The minimum Gasteiger partial charge on any atom is -0.465 e. The summed E-state index contributed by atoms with van der Waals surface area (Å²) in [6, 6.07) is 3.04. The first-order valence-electron chi connectivity index (χ1n) is 4.87. The molecule has 1 unspecified atom stereocenters. The predicted molar refractivity (Wildman–Crippen MR) is 53.0 cm³/mol. The molecule has 82 valence electrons. The first-order chi connectivity index (χ1) is 7.66. The van der Waals surface area contributed by atoms with Gasteiger partial charge in [0.05, 0.1) is 6.61 Å². The Balaban J connectivity index is 2.39. The second-order valence-electron chi connectivity index (χ2n) is 3.31. The van der Waals surface area contributed by atoms with Crippen LogP contribution in [-0.2, 0) is 9.53 Å². The number of rotatable bonds is 2. The summed E-state index contributed by atoms with van der Waals surface area (Å²) < 4.78 is 4.69. The van der Waals surface area contributed by atoms with E-state index in [4.69, 9.17) is 0 Å². The molecule has 16 heavy (non-hydrogen) atoms. The zero-order chi connectivity index (χ0) is 11.7. The fourth-order valence-corrected chi connectivity index (χ4v) is 1.65. The minimum absolute atomic E-state index is 0.0607. The smallest absolute Gasteiger partial charge is 0.324 e. The summed E-state index contributed by atoms with van der Waals surface area (Å²) in [4.78, 5) is 38.7. The van der Waals surface area contributed by atoms with Gasteiger partial charge in [-0.05, 0) is 19.1 Å². The Kier molecular flexibility index (Phi) is 2.52. The molecule has 1 atom stereocenters. The lowest BCUT2D eigenvalue weighted by Crippen LogP contribution is -2.27. The van der Waals surface area contributed by atoms with Crippen molar-refractivity contribution in [1.29, 1.82) is 0 Å². The Hall–Kier alpha value is -2.04. The maximum atomic E-state index is 11.8. The van der Waals surface area contributed by atoms with Crippen molar-refractivity contribution in [3.8, 4) is 0 Å². The number of carbonyl (C=O) groups excluding carboxylic acids is 3. The maximum absolute atomic E-state index is 11.8. The van der Waals surface area contributed by atoms with Gasteiger partial charge in [0.25, 0.3) is 0 Å². The fraction of sp³-hybridized carbons (Fsp3) is 0.273. The van der Waals surface area contributed by atoms with Crippen molar-refractivity contribution in [3.05, 3.63) is 29.6 Å². The molecule has 2 rings (SSSR count). The van der Waals surface area contributed by atoms with Crippen molar-refractivity contribution in [3.63, 3.8) is 0 Å². The van der Waals surface area contributed by atoms with Crippen LogP contribution in [0.25, 0.3) is 0 Å². The summed E-state index contributed by atoms with van der Waals surface area (Å²) in [5, 5.41) is 0. The summed E-state index contributed by atoms with van der Waals surface area (Å²) in [6.07, 6.45) is 1.41. The van der Waals surface area contributed by atoms with Crippen LogP contribution in [-0.4, -0.2) is 29.1 Å². The molecule has 0 radical (unpaired) electrons. The molecule has 5 heteroatoms. The van der Waals surface area contributed by atoms with Crippen LogP contribution in [0.4, 0.5) is 0 Å². The van der Waals surface area contributed by atoms with E-state index in [-0.39, 0.29) is 17.9 Å². The number of pyridine rings is 1. The average molecular weight is 219 g/mol. The molecule has 1 heterocycles. The van der Waals surface area contributed by atoms with Crippen LogP contribution in [0.5, 0.6) is 0 Å². The first kappa shape index (κ1) is 10.5. The van der Waals surface area contributed by atoms with Crippen LogP contribution < -0.4 is 0 Å². The molecule has 0 aromatic carbocycles. The van der Waals surface area contributed by atoms with E-state index in [0.29, 0.717) is 0 Å². The summed E-state index contributed by atoms with van der Waals surface area (Å²) in [5.41, 5.74) is 0.260. The van der Waals surface area contributed by atoms with Gasteiger partial charge in [0.1, 0.15) is 5.69 Å². The van der Waals surface area contributed by atoms with Crippen LogP contribution in [0, 0.1) is 5.92 Å². The average Bonchev–Trinajstić information content (AvgIpc) is 2.53. The highest BCUT2D eigenvalue weighted by atomic mass is 16.5. The lowest BCUT2D eigenvalue weighted by molar-refractivity contribution is -0.144.